The van der Waals surface area contributed by atoms with E-state index in [1.807, 2.05) is 0 Å². The maximum Gasteiger partial charge on any atom is 0.460 e. The number of rotatable bonds is 8. The average Bonchev–Trinajstić information content (AvgIpc) is 2.66. The van der Waals surface area contributed by atoms with Crippen LogP contribution in [0.5, 0.6) is 0 Å². The predicted octanol–water partition coefficient (Wildman–Crippen LogP) is 4.78. The number of benzene rings is 1. The van der Waals surface area contributed by atoms with E-state index in [2.05, 4.69) is 5.10 Å². The highest BCUT2D eigenvalue weighted by atomic mass is 19.4. The van der Waals surface area contributed by atoms with Crippen LogP contribution in [0.25, 0.3) is 0 Å². The molecule has 19 heteroatoms. The molecule has 1 N–H and O–H groups in total. The van der Waals surface area contributed by atoms with Crippen molar-refractivity contribution in [3.8, 4) is 0 Å². The Hall–Kier alpha value is -3.15. The second-order valence-electron chi connectivity index (χ2n) is 5.92. The molecule has 6 nitrogen and oxygen atoms in total. The van der Waals surface area contributed by atoms with Crippen molar-refractivity contribution in [2.45, 2.75) is 35.8 Å². The molecule has 186 valence electrons. The Morgan fingerprint density at radius 3 is 1.61 bits per heavy atom. The number of hydrogen-bond acceptors (Lipinski definition) is 4. The molecule has 0 saturated carbocycles. The summed E-state index contributed by atoms with van der Waals surface area (Å²) in [5, 5.41) is 13.0. The van der Waals surface area contributed by atoms with Crippen LogP contribution in [0.2, 0.25) is 0 Å². The van der Waals surface area contributed by atoms with Gasteiger partial charge >= 0.3 is 41.7 Å². The number of nitrogens with zero attached hydrogens (tertiary/aromatic N) is 2. The van der Waals surface area contributed by atoms with Gasteiger partial charge in [-0.3, -0.25) is 14.9 Å². The van der Waals surface area contributed by atoms with Gasteiger partial charge in [0.05, 0.1) is 11.1 Å². The SMILES string of the molecule is O=C(NN=Cc1ccc([N+](=O)[O-])cc1)C(F)(F)C(F)(F)C(F)(F)C(F)(F)C(F)(F)C(F)(F)F. The monoisotopic (exact) mass is 511 g/mol. The van der Waals surface area contributed by atoms with Crippen molar-refractivity contribution in [2.24, 2.45) is 5.10 Å². The number of carbonyl (C=O) groups is 1. The number of non-ortho nitro benzene ring substituents is 1. The first kappa shape index (κ1) is 27.9. The second-order valence-corrected chi connectivity index (χ2v) is 5.92. The molecule has 0 radical (unpaired) electrons. The lowest BCUT2D eigenvalue weighted by Crippen LogP contribution is -2.71. The molecule has 0 aliphatic heterocycles. The number of hydrogen-bond donors (Lipinski definition) is 1. The van der Waals surface area contributed by atoms with Gasteiger partial charge < -0.3 is 0 Å². The summed E-state index contributed by atoms with van der Waals surface area (Å²) in [6, 6.07) is 3.31. The van der Waals surface area contributed by atoms with Crippen LogP contribution in [0.1, 0.15) is 5.56 Å². The number of nitro benzene ring substituents is 1. The average molecular weight is 511 g/mol. The van der Waals surface area contributed by atoms with E-state index in [1.165, 1.54) is 0 Å². The molecule has 0 bridgehead atoms. The zero-order chi connectivity index (χ0) is 26.3. The van der Waals surface area contributed by atoms with E-state index in [-0.39, 0.29) is 5.56 Å². The van der Waals surface area contributed by atoms with E-state index in [0.29, 0.717) is 11.6 Å². The Labute approximate surface area is 172 Å². The van der Waals surface area contributed by atoms with Gasteiger partial charge in [0.15, 0.2) is 0 Å². The van der Waals surface area contributed by atoms with Gasteiger partial charge in [0.25, 0.3) is 5.69 Å². The van der Waals surface area contributed by atoms with E-state index in [9.17, 15) is 72.0 Å². The van der Waals surface area contributed by atoms with Crippen molar-refractivity contribution in [3.05, 3.63) is 39.9 Å². The topological polar surface area (TPSA) is 84.6 Å². The van der Waals surface area contributed by atoms with E-state index in [0.717, 1.165) is 24.3 Å². The molecule has 0 aliphatic carbocycles. The minimum absolute atomic E-state index is 0.252. The number of nitro groups is 1. The third-order valence-electron chi connectivity index (χ3n) is 3.70. The molecule has 0 unspecified atom stereocenters. The number of hydrazone groups is 1. The summed E-state index contributed by atoms with van der Waals surface area (Å²) in [6.45, 7) is 0. The Kier molecular flexibility index (Phi) is 7.03. The van der Waals surface area contributed by atoms with Crippen LogP contribution in [0.3, 0.4) is 0 Å². The van der Waals surface area contributed by atoms with Gasteiger partial charge in [-0.1, -0.05) is 0 Å². The molecule has 33 heavy (non-hydrogen) atoms. The smallest absolute Gasteiger partial charge is 0.266 e. The molecule has 1 rings (SSSR count). The fourth-order valence-electron chi connectivity index (χ4n) is 1.83. The van der Waals surface area contributed by atoms with Crippen LogP contribution < -0.4 is 5.43 Å². The van der Waals surface area contributed by atoms with Crippen molar-refractivity contribution >= 4 is 17.8 Å². The predicted molar refractivity (Wildman–Crippen MR) is 79.6 cm³/mol. The van der Waals surface area contributed by atoms with Crippen LogP contribution >= 0.6 is 0 Å². The summed E-state index contributed by atoms with van der Waals surface area (Å²) in [7, 11) is 0. The molecule has 0 spiro atoms. The van der Waals surface area contributed by atoms with Crippen molar-refractivity contribution in [2.75, 3.05) is 0 Å². The summed E-state index contributed by atoms with van der Waals surface area (Å²) < 4.78 is 168. The van der Waals surface area contributed by atoms with Crippen molar-refractivity contribution in [1.29, 1.82) is 0 Å². The van der Waals surface area contributed by atoms with Gasteiger partial charge in [-0.05, 0) is 17.7 Å². The van der Waals surface area contributed by atoms with Crippen LogP contribution in [0.4, 0.5) is 62.8 Å². The summed E-state index contributed by atoms with van der Waals surface area (Å²) in [6.07, 6.45) is -7.25. The minimum atomic E-state index is -8.13. The third-order valence-corrected chi connectivity index (χ3v) is 3.70. The van der Waals surface area contributed by atoms with Crippen LogP contribution in [0.15, 0.2) is 29.4 Å². The van der Waals surface area contributed by atoms with Gasteiger partial charge in [0.1, 0.15) is 0 Å². The molecule has 1 aromatic carbocycles. The molecule has 1 amide bonds. The molecule has 0 aliphatic rings. The largest absolute Gasteiger partial charge is 0.460 e. The van der Waals surface area contributed by atoms with Crippen LogP contribution in [0, 0.1) is 10.1 Å². The van der Waals surface area contributed by atoms with E-state index in [1.54, 1.807) is 0 Å². The van der Waals surface area contributed by atoms with Crippen molar-refractivity contribution < 1.29 is 66.8 Å². The van der Waals surface area contributed by atoms with E-state index in [4.69, 9.17) is 0 Å². The molecule has 0 atom stereocenters. The second kappa shape index (κ2) is 8.32. The highest BCUT2D eigenvalue weighted by molar-refractivity contribution is 5.87. The van der Waals surface area contributed by atoms with Crippen molar-refractivity contribution in [3.63, 3.8) is 0 Å². The summed E-state index contributed by atoms with van der Waals surface area (Å²) in [5.41, 5.74) is -0.265. The lowest BCUT2D eigenvalue weighted by atomic mass is 9.93. The van der Waals surface area contributed by atoms with Gasteiger partial charge in [-0.25, -0.2) is 5.43 Å². The zero-order valence-electron chi connectivity index (χ0n) is 14.9. The third kappa shape index (κ3) is 4.52. The van der Waals surface area contributed by atoms with Gasteiger partial charge in [-0.15, -0.1) is 0 Å². The summed E-state index contributed by atoms with van der Waals surface area (Å²) >= 11 is 0. The Balaban J connectivity index is 3.20. The number of nitrogens with one attached hydrogen (secondary N) is 1. The fraction of sp³-hybridized carbons (Fsp3) is 0.429. The Morgan fingerprint density at radius 2 is 1.21 bits per heavy atom. The molecular formula is C14H6F13N3O3. The molecule has 0 aromatic heterocycles. The lowest BCUT2D eigenvalue weighted by Gasteiger charge is -2.38. The molecular weight excluding hydrogens is 505 g/mol. The highest BCUT2D eigenvalue weighted by Crippen LogP contribution is 2.60. The normalized spacial score (nSPS) is 14.5. The van der Waals surface area contributed by atoms with Crippen molar-refractivity contribution in [1.82, 2.24) is 5.43 Å². The van der Waals surface area contributed by atoms with Gasteiger partial charge in [0, 0.05) is 12.1 Å². The number of halogens is 13. The minimum Gasteiger partial charge on any atom is -0.266 e. The standard InChI is InChI=1S/C14H6F13N3O3/c15-9(16,8(31)29-28-5-6-1-3-7(4-2-6)30(32)33)10(17,18)11(19,20)12(21,22)13(23,24)14(25,26)27/h1-5H,(H,29,31). The maximum atomic E-state index is 13.5. The zero-order valence-corrected chi connectivity index (χ0v) is 14.9. The van der Waals surface area contributed by atoms with Crippen LogP contribution in [-0.4, -0.2) is 52.8 Å². The number of alkyl halides is 13. The fourth-order valence-corrected chi connectivity index (χ4v) is 1.83. The molecule has 0 heterocycles. The van der Waals surface area contributed by atoms with E-state index >= 15 is 0 Å². The van der Waals surface area contributed by atoms with Crippen LogP contribution in [-0.2, 0) is 4.79 Å². The first-order valence-electron chi connectivity index (χ1n) is 7.59. The number of amides is 1. The molecule has 0 saturated heterocycles. The number of carbonyl (C=O) groups excluding carboxylic acids is 1. The Bertz CT molecular complexity index is 927. The quantitative estimate of drug-likeness (QED) is 0.236. The summed E-state index contributed by atoms with van der Waals surface area (Å²) in [5.74, 6) is -42.5. The van der Waals surface area contributed by atoms with E-state index < -0.39 is 52.3 Å². The molecule has 0 fully saturated rings. The van der Waals surface area contributed by atoms with Gasteiger partial charge in [-0.2, -0.15) is 62.2 Å². The lowest BCUT2D eigenvalue weighted by molar-refractivity contribution is -0.436. The first-order valence-corrected chi connectivity index (χ1v) is 7.59. The first-order chi connectivity index (χ1) is 14.6. The summed E-state index contributed by atoms with van der Waals surface area (Å²) in [4.78, 5) is 20.7. The highest BCUT2D eigenvalue weighted by Gasteiger charge is 2.91. The Morgan fingerprint density at radius 1 is 0.788 bits per heavy atom. The molecule has 1 aromatic rings. The maximum absolute atomic E-state index is 13.5. The van der Waals surface area contributed by atoms with Gasteiger partial charge in [0.2, 0.25) is 0 Å².